The number of rotatable bonds is 11. The van der Waals surface area contributed by atoms with E-state index >= 15 is 0 Å². The van der Waals surface area contributed by atoms with Gasteiger partial charge in [-0.25, -0.2) is 5.43 Å². The minimum Gasteiger partial charge on any atom is -0.490 e. The lowest BCUT2D eigenvalue weighted by molar-refractivity contribution is 0.0955. The van der Waals surface area contributed by atoms with Gasteiger partial charge in [0.1, 0.15) is 6.61 Å². The highest BCUT2D eigenvalue weighted by molar-refractivity contribution is 5.95. The zero-order valence-electron chi connectivity index (χ0n) is 22.2. The summed E-state index contributed by atoms with van der Waals surface area (Å²) in [6.45, 7) is 8.37. The molecule has 0 fully saturated rings. The number of aryl methyl sites for hydroxylation is 1. The Hall–Kier alpha value is -5.02. The number of benzene rings is 3. The molecular formula is C33H31N3O3. The molecule has 0 radical (unpaired) electrons. The van der Waals surface area contributed by atoms with Crippen molar-refractivity contribution >= 4 is 12.1 Å². The third kappa shape index (κ3) is 6.46. The molecular weight excluding hydrogens is 486 g/mol. The fourth-order valence-electron chi connectivity index (χ4n) is 4.31. The quantitative estimate of drug-likeness (QED) is 0.109. The largest absolute Gasteiger partial charge is 0.490 e. The molecule has 196 valence electrons. The van der Waals surface area contributed by atoms with E-state index in [2.05, 4.69) is 58.8 Å². The van der Waals surface area contributed by atoms with E-state index in [0.717, 1.165) is 33.8 Å². The van der Waals surface area contributed by atoms with Gasteiger partial charge in [-0.1, -0.05) is 42.3 Å². The van der Waals surface area contributed by atoms with Crippen molar-refractivity contribution < 1.29 is 14.3 Å². The van der Waals surface area contributed by atoms with Crippen molar-refractivity contribution in [2.24, 2.45) is 5.10 Å². The highest BCUT2D eigenvalue weighted by Crippen LogP contribution is 2.33. The molecule has 6 nitrogen and oxygen atoms in total. The molecule has 3 aromatic carbocycles. The van der Waals surface area contributed by atoms with E-state index in [1.54, 1.807) is 30.5 Å². The predicted molar refractivity (Wildman–Crippen MR) is 157 cm³/mol. The topological polar surface area (TPSA) is 64.8 Å². The molecule has 0 atom stereocenters. The molecule has 0 spiro atoms. The third-order valence-electron chi connectivity index (χ3n) is 6.03. The number of hydrazone groups is 1. The Labute approximate surface area is 229 Å². The number of hydrogen-bond donors (Lipinski definition) is 1. The second-order valence-corrected chi connectivity index (χ2v) is 8.73. The first-order valence-electron chi connectivity index (χ1n) is 12.7. The Balaban J connectivity index is 1.50. The number of ether oxygens (including phenoxy) is 2. The number of hydrogen-bond acceptors (Lipinski definition) is 4. The fraction of sp³-hybridized carbons (Fsp3) is 0.152. The Morgan fingerprint density at radius 2 is 1.85 bits per heavy atom. The Morgan fingerprint density at radius 3 is 2.54 bits per heavy atom. The molecule has 4 rings (SSSR count). The van der Waals surface area contributed by atoms with Gasteiger partial charge in [-0.3, -0.25) is 4.79 Å². The first-order chi connectivity index (χ1) is 19.0. The molecule has 0 aliphatic carbocycles. The van der Waals surface area contributed by atoms with Gasteiger partial charge in [0.2, 0.25) is 0 Å². The minimum atomic E-state index is -0.310. The number of terminal acetylenes is 1. The van der Waals surface area contributed by atoms with Crippen LogP contribution in [-0.4, -0.2) is 29.9 Å². The van der Waals surface area contributed by atoms with Crippen LogP contribution in [0.25, 0.3) is 16.9 Å². The van der Waals surface area contributed by atoms with E-state index < -0.39 is 0 Å². The van der Waals surface area contributed by atoms with Crippen molar-refractivity contribution in [2.75, 3.05) is 13.2 Å². The molecule has 6 heteroatoms. The molecule has 1 aromatic heterocycles. The van der Waals surface area contributed by atoms with E-state index in [4.69, 9.17) is 15.9 Å². The monoisotopic (exact) mass is 517 g/mol. The van der Waals surface area contributed by atoms with Crippen LogP contribution in [0.5, 0.6) is 11.5 Å². The fourth-order valence-corrected chi connectivity index (χ4v) is 4.31. The van der Waals surface area contributed by atoms with Gasteiger partial charge in [0.05, 0.1) is 18.5 Å². The van der Waals surface area contributed by atoms with Crippen LogP contribution in [0.2, 0.25) is 0 Å². The highest BCUT2D eigenvalue weighted by atomic mass is 16.5. The van der Waals surface area contributed by atoms with Crippen molar-refractivity contribution in [1.29, 1.82) is 0 Å². The third-order valence-corrected chi connectivity index (χ3v) is 6.03. The summed E-state index contributed by atoms with van der Waals surface area (Å²) in [6, 6.07) is 25.6. The van der Waals surface area contributed by atoms with Crippen LogP contribution in [0.3, 0.4) is 0 Å². The van der Waals surface area contributed by atoms with E-state index in [0.29, 0.717) is 30.1 Å². The van der Waals surface area contributed by atoms with E-state index in [1.165, 1.54) is 0 Å². The van der Waals surface area contributed by atoms with Crippen molar-refractivity contribution in [1.82, 2.24) is 9.99 Å². The SMILES string of the molecule is C#CCOc1c(CC=C)cc(/C=N/NC(=O)c2ccc(-n3c(C)ccc3-c3ccccc3)cc2)cc1OCC. The van der Waals surface area contributed by atoms with Gasteiger partial charge < -0.3 is 14.0 Å². The van der Waals surface area contributed by atoms with Crippen LogP contribution >= 0.6 is 0 Å². The summed E-state index contributed by atoms with van der Waals surface area (Å²) in [4.78, 5) is 12.8. The van der Waals surface area contributed by atoms with Crippen LogP contribution in [0, 0.1) is 19.3 Å². The van der Waals surface area contributed by atoms with Gasteiger partial charge >= 0.3 is 0 Å². The second-order valence-electron chi connectivity index (χ2n) is 8.73. The molecule has 1 heterocycles. The summed E-state index contributed by atoms with van der Waals surface area (Å²) in [6.07, 6.45) is 9.28. The van der Waals surface area contributed by atoms with Gasteiger partial charge in [-0.15, -0.1) is 13.0 Å². The molecule has 0 aliphatic heterocycles. The summed E-state index contributed by atoms with van der Waals surface area (Å²) < 4.78 is 13.7. The Kier molecular flexibility index (Phi) is 8.99. The number of allylic oxidation sites excluding steroid dienone is 1. The van der Waals surface area contributed by atoms with Gasteiger partial charge in [0.15, 0.2) is 11.5 Å². The van der Waals surface area contributed by atoms with Gasteiger partial charge in [-0.2, -0.15) is 5.10 Å². The lowest BCUT2D eigenvalue weighted by atomic mass is 10.1. The number of nitrogens with zero attached hydrogens (tertiary/aromatic N) is 2. The molecule has 39 heavy (non-hydrogen) atoms. The van der Waals surface area contributed by atoms with Crippen LogP contribution in [0.15, 0.2) is 96.6 Å². The van der Waals surface area contributed by atoms with Gasteiger partial charge in [-0.05, 0) is 79.9 Å². The van der Waals surface area contributed by atoms with Crippen molar-refractivity contribution in [3.8, 4) is 40.8 Å². The Bertz CT molecular complexity index is 1510. The van der Waals surface area contributed by atoms with Crippen LogP contribution < -0.4 is 14.9 Å². The van der Waals surface area contributed by atoms with Crippen LogP contribution in [0.4, 0.5) is 0 Å². The molecule has 0 saturated carbocycles. The smallest absolute Gasteiger partial charge is 0.271 e. The number of nitrogens with one attached hydrogen (secondary N) is 1. The normalized spacial score (nSPS) is 10.7. The highest BCUT2D eigenvalue weighted by Gasteiger charge is 2.13. The maximum atomic E-state index is 12.8. The van der Waals surface area contributed by atoms with Crippen molar-refractivity contribution in [3.05, 3.63) is 114 Å². The average Bonchev–Trinajstić information content (AvgIpc) is 3.34. The first kappa shape index (κ1) is 27.0. The molecule has 0 saturated heterocycles. The maximum Gasteiger partial charge on any atom is 0.271 e. The molecule has 0 bridgehead atoms. The zero-order valence-corrected chi connectivity index (χ0v) is 22.2. The standard InChI is InChI=1S/C33H31N3O3/c1-5-11-28-21-25(22-31(38-7-3)32(28)39-20-6-2)23-34-35-33(37)27-15-17-29(18-16-27)36-24(4)14-19-30(36)26-12-9-8-10-13-26/h2,5,8-10,12-19,21-23H,1,7,11,20H2,3-4H3,(H,35,37)/b34-23+. The lowest BCUT2D eigenvalue weighted by Crippen LogP contribution is -2.17. The van der Waals surface area contributed by atoms with Crippen molar-refractivity contribution in [3.63, 3.8) is 0 Å². The number of aromatic nitrogens is 1. The predicted octanol–water partition coefficient (Wildman–Crippen LogP) is 6.36. The van der Waals surface area contributed by atoms with Crippen molar-refractivity contribution in [2.45, 2.75) is 20.3 Å². The van der Waals surface area contributed by atoms with E-state index in [9.17, 15) is 4.79 Å². The summed E-state index contributed by atoms with van der Waals surface area (Å²) in [7, 11) is 0. The molecule has 1 N–H and O–H groups in total. The molecule has 0 unspecified atom stereocenters. The number of carbonyl (C=O) groups is 1. The maximum absolute atomic E-state index is 12.8. The zero-order chi connectivity index (χ0) is 27.6. The summed E-state index contributed by atoms with van der Waals surface area (Å²) in [5.74, 6) is 3.32. The summed E-state index contributed by atoms with van der Waals surface area (Å²) in [5, 5.41) is 4.17. The number of amides is 1. The van der Waals surface area contributed by atoms with Crippen LogP contribution in [0.1, 0.15) is 34.1 Å². The lowest BCUT2D eigenvalue weighted by Gasteiger charge is -2.15. The minimum absolute atomic E-state index is 0.129. The average molecular weight is 518 g/mol. The van der Waals surface area contributed by atoms with Gasteiger partial charge in [0.25, 0.3) is 5.91 Å². The van der Waals surface area contributed by atoms with E-state index in [1.807, 2.05) is 43.3 Å². The molecule has 4 aromatic rings. The first-order valence-corrected chi connectivity index (χ1v) is 12.7. The van der Waals surface area contributed by atoms with E-state index in [-0.39, 0.29) is 12.5 Å². The summed E-state index contributed by atoms with van der Waals surface area (Å²) >= 11 is 0. The second kappa shape index (κ2) is 13.0. The molecule has 0 aliphatic rings. The Morgan fingerprint density at radius 1 is 1.08 bits per heavy atom. The number of carbonyl (C=O) groups excluding carboxylic acids is 1. The van der Waals surface area contributed by atoms with Gasteiger partial charge in [0, 0.05) is 22.5 Å². The summed E-state index contributed by atoms with van der Waals surface area (Å²) in [5.41, 5.74) is 9.02. The molecule has 1 amide bonds. The van der Waals surface area contributed by atoms with Crippen LogP contribution in [-0.2, 0) is 6.42 Å².